The zero-order valence-corrected chi connectivity index (χ0v) is 12.2. The number of halogens is 2. The van der Waals surface area contributed by atoms with Crippen molar-refractivity contribution in [3.8, 4) is 11.6 Å². The van der Waals surface area contributed by atoms with Crippen LogP contribution in [-0.4, -0.2) is 15.0 Å². The molecule has 2 aromatic heterocycles. The molecule has 2 aromatic rings. The van der Waals surface area contributed by atoms with E-state index in [-0.39, 0.29) is 0 Å². The van der Waals surface area contributed by atoms with E-state index in [1.807, 2.05) is 13.0 Å². The lowest BCUT2D eigenvalue weighted by Crippen LogP contribution is -1.96. The molecule has 0 aliphatic carbocycles. The van der Waals surface area contributed by atoms with E-state index in [0.717, 1.165) is 16.7 Å². The molecule has 0 bridgehead atoms. The third-order valence-electron chi connectivity index (χ3n) is 1.94. The van der Waals surface area contributed by atoms with Crippen LogP contribution in [0.15, 0.2) is 33.6 Å². The van der Waals surface area contributed by atoms with E-state index in [1.54, 1.807) is 18.5 Å². The highest BCUT2D eigenvalue weighted by atomic mass is 79.9. The maximum Gasteiger partial charge on any atom is 0.223 e. The van der Waals surface area contributed by atoms with Crippen molar-refractivity contribution in [3.05, 3.63) is 39.4 Å². The lowest BCUT2D eigenvalue weighted by molar-refractivity contribution is 0.455. The van der Waals surface area contributed by atoms with Crippen LogP contribution in [0.3, 0.4) is 0 Å². The van der Waals surface area contributed by atoms with Crippen molar-refractivity contribution in [2.45, 2.75) is 13.3 Å². The van der Waals surface area contributed by atoms with Crippen LogP contribution < -0.4 is 4.74 Å². The van der Waals surface area contributed by atoms with Gasteiger partial charge in [-0.15, -0.1) is 0 Å². The molecule has 0 saturated heterocycles. The number of nitrogens with zero attached hydrogens (tertiary/aromatic N) is 3. The van der Waals surface area contributed by atoms with Crippen LogP contribution in [0.2, 0.25) is 0 Å². The summed E-state index contributed by atoms with van der Waals surface area (Å²) in [4.78, 5) is 12.5. The molecule has 4 nitrogen and oxygen atoms in total. The van der Waals surface area contributed by atoms with Crippen LogP contribution >= 0.6 is 31.9 Å². The Bertz CT molecular complexity index is 534. The van der Waals surface area contributed by atoms with Gasteiger partial charge in [-0.2, -0.15) is 4.98 Å². The Hall–Kier alpha value is -1.01. The third-order valence-corrected chi connectivity index (χ3v) is 2.78. The smallest absolute Gasteiger partial charge is 0.223 e. The Morgan fingerprint density at radius 1 is 1.18 bits per heavy atom. The number of ether oxygens (including phenoxy) is 1. The molecule has 6 heteroatoms. The second kappa shape index (κ2) is 5.55. The fourth-order valence-corrected chi connectivity index (χ4v) is 1.97. The average Bonchev–Trinajstić information content (AvgIpc) is 2.28. The maximum atomic E-state index is 5.61. The Kier molecular flexibility index (Phi) is 4.06. The molecule has 88 valence electrons. The van der Waals surface area contributed by atoms with Gasteiger partial charge in [0.1, 0.15) is 16.2 Å². The van der Waals surface area contributed by atoms with Gasteiger partial charge < -0.3 is 4.74 Å². The largest absolute Gasteiger partial charge is 0.437 e. The average molecular weight is 359 g/mol. The van der Waals surface area contributed by atoms with Crippen LogP contribution in [0, 0.1) is 0 Å². The van der Waals surface area contributed by atoms with Crippen LogP contribution in [0.25, 0.3) is 0 Å². The van der Waals surface area contributed by atoms with Crippen LogP contribution in [0.1, 0.15) is 12.7 Å². The molecule has 0 N–H and O–H groups in total. The predicted octanol–water partition coefficient (Wildman–Crippen LogP) is 3.75. The number of hydrogen-bond acceptors (Lipinski definition) is 4. The van der Waals surface area contributed by atoms with Gasteiger partial charge >= 0.3 is 0 Å². The number of pyridine rings is 1. The second-order valence-corrected chi connectivity index (χ2v) is 4.97. The molecule has 2 rings (SSSR count). The fraction of sp³-hybridized carbons (Fsp3) is 0.182. The van der Waals surface area contributed by atoms with E-state index in [1.165, 1.54) is 0 Å². The number of aryl methyl sites for hydroxylation is 1. The molecule has 0 radical (unpaired) electrons. The van der Waals surface area contributed by atoms with Crippen molar-refractivity contribution in [2.75, 3.05) is 0 Å². The van der Waals surface area contributed by atoms with E-state index in [0.29, 0.717) is 16.2 Å². The Labute approximate surface area is 116 Å². The minimum atomic E-state index is 0.503. The maximum absolute atomic E-state index is 5.61. The summed E-state index contributed by atoms with van der Waals surface area (Å²) in [6.07, 6.45) is 4.08. The van der Waals surface area contributed by atoms with Crippen molar-refractivity contribution >= 4 is 31.9 Å². The highest BCUT2D eigenvalue weighted by molar-refractivity contribution is 9.10. The van der Waals surface area contributed by atoms with Gasteiger partial charge in [-0.3, -0.25) is 4.98 Å². The highest BCUT2D eigenvalue weighted by Gasteiger charge is 2.04. The first-order valence-electron chi connectivity index (χ1n) is 4.99. The minimum absolute atomic E-state index is 0.503. The Morgan fingerprint density at radius 3 is 2.71 bits per heavy atom. The summed E-state index contributed by atoms with van der Waals surface area (Å²) in [5.41, 5.74) is 0. The monoisotopic (exact) mass is 357 g/mol. The minimum Gasteiger partial charge on any atom is -0.437 e. The van der Waals surface area contributed by atoms with Crippen molar-refractivity contribution in [3.63, 3.8) is 0 Å². The number of aromatic nitrogens is 3. The first-order valence-corrected chi connectivity index (χ1v) is 6.58. The van der Waals surface area contributed by atoms with Crippen molar-refractivity contribution in [1.82, 2.24) is 15.0 Å². The Morgan fingerprint density at radius 2 is 2.00 bits per heavy atom. The Balaban J connectivity index is 2.26. The van der Waals surface area contributed by atoms with E-state index < -0.39 is 0 Å². The first kappa shape index (κ1) is 12.4. The normalized spacial score (nSPS) is 10.3. The predicted molar refractivity (Wildman–Crippen MR) is 71.1 cm³/mol. The molecular weight excluding hydrogens is 350 g/mol. The molecule has 2 heterocycles. The quantitative estimate of drug-likeness (QED) is 0.784. The van der Waals surface area contributed by atoms with E-state index >= 15 is 0 Å². The number of hydrogen-bond donors (Lipinski definition) is 0. The van der Waals surface area contributed by atoms with E-state index in [2.05, 4.69) is 46.8 Å². The summed E-state index contributed by atoms with van der Waals surface area (Å²) in [5, 5.41) is 0. The molecule has 0 unspecified atom stereocenters. The molecular formula is C11H9Br2N3O. The summed E-state index contributed by atoms with van der Waals surface area (Å²) in [6.45, 7) is 1.99. The zero-order valence-electron chi connectivity index (χ0n) is 9.02. The SMILES string of the molecule is CCc1nc(Br)cc(Oc2cncc(Br)c2)n1. The molecule has 0 atom stereocenters. The molecule has 0 spiro atoms. The van der Waals surface area contributed by atoms with Crippen LogP contribution in [-0.2, 0) is 6.42 Å². The van der Waals surface area contributed by atoms with Gasteiger partial charge in [-0.1, -0.05) is 6.92 Å². The van der Waals surface area contributed by atoms with Gasteiger partial charge in [-0.25, -0.2) is 4.98 Å². The van der Waals surface area contributed by atoms with Crippen LogP contribution in [0.5, 0.6) is 11.6 Å². The molecule has 0 amide bonds. The molecule has 0 fully saturated rings. The molecule has 0 aromatic carbocycles. The standard InChI is InChI=1S/C11H9Br2N3O/c1-2-10-15-9(13)4-11(16-10)17-8-3-7(12)5-14-6-8/h3-6H,2H2,1H3. The molecule has 0 aliphatic heterocycles. The topological polar surface area (TPSA) is 47.9 Å². The first-order chi connectivity index (χ1) is 8.17. The summed E-state index contributed by atoms with van der Waals surface area (Å²) >= 11 is 6.66. The lowest BCUT2D eigenvalue weighted by atomic mass is 10.4. The van der Waals surface area contributed by atoms with E-state index in [4.69, 9.17) is 4.74 Å². The molecule has 0 aliphatic rings. The number of rotatable bonds is 3. The fourth-order valence-electron chi connectivity index (χ4n) is 1.22. The summed E-state index contributed by atoms with van der Waals surface area (Å²) in [5.74, 6) is 1.87. The van der Waals surface area contributed by atoms with Gasteiger partial charge in [0.2, 0.25) is 5.88 Å². The summed E-state index contributed by atoms with van der Waals surface area (Å²) < 4.78 is 7.18. The summed E-state index contributed by atoms with van der Waals surface area (Å²) in [6, 6.07) is 3.55. The second-order valence-electron chi connectivity index (χ2n) is 3.24. The van der Waals surface area contributed by atoms with Crippen LogP contribution in [0.4, 0.5) is 0 Å². The van der Waals surface area contributed by atoms with Gasteiger partial charge in [0, 0.05) is 23.2 Å². The molecule has 0 saturated carbocycles. The third kappa shape index (κ3) is 3.47. The van der Waals surface area contributed by atoms with Gasteiger partial charge in [-0.05, 0) is 37.9 Å². The van der Waals surface area contributed by atoms with Gasteiger partial charge in [0.25, 0.3) is 0 Å². The zero-order chi connectivity index (χ0) is 12.3. The van der Waals surface area contributed by atoms with Gasteiger partial charge in [0.05, 0.1) is 6.20 Å². The van der Waals surface area contributed by atoms with Crippen molar-refractivity contribution < 1.29 is 4.74 Å². The van der Waals surface area contributed by atoms with Crippen molar-refractivity contribution in [2.24, 2.45) is 0 Å². The summed E-state index contributed by atoms with van der Waals surface area (Å²) in [7, 11) is 0. The van der Waals surface area contributed by atoms with E-state index in [9.17, 15) is 0 Å². The molecule has 17 heavy (non-hydrogen) atoms. The van der Waals surface area contributed by atoms with Gasteiger partial charge in [0.15, 0.2) is 0 Å². The van der Waals surface area contributed by atoms with Crippen molar-refractivity contribution in [1.29, 1.82) is 0 Å². The highest BCUT2D eigenvalue weighted by Crippen LogP contribution is 2.23. The lowest BCUT2D eigenvalue weighted by Gasteiger charge is -2.06.